The molecule has 0 radical (unpaired) electrons. The molecule has 0 spiro atoms. The number of nitrogens with zero attached hydrogens (tertiary/aromatic N) is 1. The molecule has 0 aliphatic rings. The molecule has 3 nitrogen and oxygen atoms in total. The number of hydrogen-bond acceptors (Lipinski definition) is 3. The van der Waals surface area contributed by atoms with Crippen LogP contribution in [0.25, 0.3) is 11.0 Å². The molecule has 3 rings (SSSR count). The lowest BCUT2D eigenvalue weighted by Gasteiger charge is -2.16. The Bertz CT molecular complexity index is 685. The van der Waals surface area contributed by atoms with Crippen molar-refractivity contribution in [3.63, 3.8) is 0 Å². The minimum absolute atomic E-state index is 0.00593. The summed E-state index contributed by atoms with van der Waals surface area (Å²) in [7, 11) is 0. The first kappa shape index (κ1) is 12.9. The highest BCUT2D eigenvalue weighted by Crippen LogP contribution is 2.28. The van der Waals surface area contributed by atoms with Gasteiger partial charge in [0.05, 0.1) is 5.69 Å². The number of hydrogen-bond donors (Lipinski definition) is 1. The maximum absolute atomic E-state index is 5.99. The highest BCUT2D eigenvalue weighted by atomic mass is 16.3. The van der Waals surface area contributed by atoms with Gasteiger partial charge in [0.15, 0.2) is 0 Å². The number of nitrogens with one attached hydrogen (secondary N) is 1. The van der Waals surface area contributed by atoms with Gasteiger partial charge in [-0.15, -0.1) is 0 Å². The number of furan rings is 1. The van der Waals surface area contributed by atoms with Crippen molar-refractivity contribution in [1.29, 1.82) is 0 Å². The van der Waals surface area contributed by atoms with Gasteiger partial charge in [-0.05, 0) is 37.2 Å². The third kappa shape index (κ3) is 2.32. The molecule has 3 aromatic rings. The Morgan fingerprint density at radius 2 is 2.05 bits per heavy atom. The van der Waals surface area contributed by atoms with Crippen LogP contribution in [0.15, 0.2) is 53.1 Å². The summed E-state index contributed by atoms with van der Waals surface area (Å²) >= 11 is 0. The highest BCUT2D eigenvalue weighted by molar-refractivity contribution is 5.77. The third-order valence-corrected chi connectivity index (χ3v) is 3.46. The van der Waals surface area contributed by atoms with Crippen LogP contribution < -0.4 is 5.32 Å². The number of pyridine rings is 1. The molecule has 1 unspecified atom stereocenters. The van der Waals surface area contributed by atoms with Gasteiger partial charge >= 0.3 is 0 Å². The van der Waals surface area contributed by atoms with Crippen LogP contribution in [0.5, 0.6) is 0 Å². The van der Waals surface area contributed by atoms with Crippen molar-refractivity contribution in [3.05, 3.63) is 65.7 Å². The maximum atomic E-state index is 5.99. The van der Waals surface area contributed by atoms with Gasteiger partial charge in [0.25, 0.3) is 0 Å². The summed E-state index contributed by atoms with van der Waals surface area (Å²) in [6.45, 7) is 5.03. The van der Waals surface area contributed by atoms with E-state index < -0.39 is 0 Å². The smallest absolute Gasteiger partial charge is 0.134 e. The van der Waals surface area contributed by atoms with E-state index in [-0.39, 0.29) is 6.04 Å². The maximum Gasteiger partial charge on any atom is 0.134 e. The number of fused-ring (bicyclic) bond motifs is 1. The van der Waals surface area contributed by atoms with Crippen LogP contribution in [-0.2, 0) is 0 Å². The first-order valence-corrected chi connectivity index (χ1v) is 6.93. The second-order valence-electron chi connectivity index (χ2n) is 4.88. The van der Waals surface area contributed by atoms with E-state index in [1.165, 1.54) is 5.56 Å². The van der Waals surface area contributed by atoms with E-state index in [0.29, 0.717) is 0 Å². The lowest BCUT2D eigenvalue weighted by molar-refractivity contribution is 0.470. The van der Waals surface area contributed by atoms with E-state index in [1.54, 1.807) is 0 Å². The standard InChI is InChI=1S/C17H18N2O/c1-3-18-17(16-12(2)7-6-10-19-16)15-11-13-8-4-5-9-14(13)20-15/h4-11,17-18H,3H2,1-2H3. The van der Waals surface area contributed by atoms with Crippen LogP contribution in [-0.4, -0.2) is 11.5 Å². The van der Waals surface area contributed by atoms with Gasteiger partial charge < -0.3 is 9.73 Å². The van der Waals surface area contributed by atoms with E-state index >= 15 is 0 Å². The predicted molar refractivity (Wildman–Crippen MR) is 80.7 cm³/mol. The van der Waals surface area contributed by atoms with Gasteiger partial charge in [-0.2, -0.15) is 0 Å². The Hall–Kier alpha value is -2.13. The zero-order chi connectivity index (χ0) is 13.9. The molecule has 0 amide bonds. The van der Waals surface area contributed by atoms with E-state index in [2.05, 4.69) is 42.3 Å². The average Bonchev–Trinajstić information content (AvgIpc) is 2.89. The Balaban J connectivity index is 2.08. The monoisotopic (exact) mass is 266 g/mol. The molecule has 0 aliphatic carbocycles. The summed E-state index contributed by atoms with van der Waals surface area (Å²) in [6, 6.07) is 14.2. The summed E-state index contributed by atoms with van der Waals surface area (Å²) in [6.07, 6.45) is 1.83. The summed E-state index contributed by atoms with van der Waals surface area (Å²) in [5.41, 5.74) is 3.10. The molecule has 0 fully saturated rings. The predicted octanol–water partition coefficient (Wildman–Crippen LogP) is 3.84. The molecule has 0 saturated carbocycles. The van der Waals surface area contributed by atoms with Gasteiger partial charge in [0.1, 0.15) is 17.4 Å². The molecular weight excluding hydrogens is 248 g/mol. The van der Waals surface area contributed by atoms with Gasteiger partial charge in [-0.3, -0.25) is 4.98 Å². The molecule has 0 aliphatic heterocycles. The van der Waals surface area contributed by atoms with Crippen LogP contribution in [0.1, 0.15) is 30.0 Å². The number of benzene rings is 1. The number of aryl methyl sites for hydroxylation is 1. The van der Waals surface area contributed by atoms with Crippen molar-refractivity contribution < 1.29 is 4.42 Å². The lowest BCUT2D eigenvalue weighted by atomic mass is 10.1. The Morgan fingerprint density at radius 3 is 2.80 bits per heavy atom. The Morgan fingerprint density at radius 1 is 1.20 bits per heavy atom. The fourth-order valence-corrected chi connectivity index (χ4v) is 2.48. The van der Waals surface area contributed by atoms with Crippen molar-refractivity contribution >= 4 is 11.0 Å². The van der Waals surface area contributed by atoms with Crippen LogP contribution in [0.3, 0.4) is 0 Å². The minimum atomic E-state index is -0.00593. The molecule has 3 heteroatoms. The normalized spacial score (nSPS) is 12.7. The van der Waals surface area contributed by atoms with E-state index in [4.69, 9.17) is 4.42 Å². The molecule has 0 bridgehead atoms. The largest absolute Gasteiger partial charge is 0.459 e. The summed E-state index contributed by atoms with van der Waals surface area (Å²) < 4.78 is 5.99. The lowest BCUT2D eigenvalue weighted by Crippen LogP contribution is -2.23. The van der Waals surface area contributed by atoms with Gasteiger partial charge in [0.2, 0.25) is 0 Å². The molecule has 1 atom stereocenters. The van der Waals surface area contributed by atoms with Crippen molar-refractivity contribution in [2.75, 3.05) is 6.54 Å². The quantitative estimate of drug-likeness (QED) is 0.779. The topological polar surface area (TPSA) is 38.1 Å². The van der Waals surface area contributed by atoms with Gasteiger partial charge in [-0.25, -0.2) is 0 Å². The fourth-order valence-electron chi connectivity index (χ4n) is 2.48. The molecule has 20 heavy (non-hydrogen) atoms. The zero-order valence-electron chi connectivity index (χ0n) is 11.8. The summed E-state index contributed by atoms with van der Waals surface area (Å²) in [4.78, 5) is 4.52. The third-order valence-electron chi connectivity index (χ3n) is 3.46. The number of rotatable bonds is 4. The van der Waals surface area contributed by atoms with Crippen LogP contribution in [0.2, 0.25) is 0 Å². The second-order valence-corrected chi connectivity index (χ2v) is 4.88. The molecule has 2 heterocycles. The number of para-hydroxylation sites is 1. The van der Waals surface area contributed by atoms with Crippen molar-refractivity contribution in [1.82, 2.24) is 10.3 Å². The molecule has 0 saturated heterocycles. The van der Waals surface area contributed by atoms with Crippen LogP contribution in [0, 0.1) is 6.92 Å². The van der Waals surface area contributed by atoms with Crippen LogP contribution in [0.4, 0.5) is 0 Å². The number of aromatic nitrogens is 1. The zero-order valence-corrected chi connectivity index (χ0v) is 11.8. The molecule has 1 aromatic carbocycles. The first-order valence-electron chi connectivity index (χ1n) is 6.93. The SMILES string of the molecule is CCNC(c1cc2ccccc2o1)c1ncccc1C. The van der Waals surface area contributed by atoms with Crippen LogP contribution >= 0.6 is 0 Å². The Labute approximate surface area is 118 Å². The van der Waals surface area contributed by atoms with Crippen molar-refractivity contribution in [2.45, 2.75) is 19.9 Å². The van der Waals surface area contributed by atoms with Crippen molar-refractivity contribution in [2.24, 2.45) is 0 Å². The van der Waals surface area contributed by atoms with E-state index in [0.717, 1.165) is 29.0 Å². The first-order chi connectivity index (χ1) is 9.79. The van der Waals surface area contributed by atoms with Gasteiger partial charge in [-0.1, -0.05) is 31.2 Å². The molecule has 2 aromatic heterocycles. The molecule has 102 valence electrons. The van der Waals surface area contributed by atoms with Crippen molar-refractivity contribution in [3.8, 4) is 0 Å². The summed E-state index contributed by atoms with van der Waals surface area (Å²) in [5, 5.41) is 4.58. The second kappa shape index (κ2) is 5.47. The van der Waals surface area contributed by atoms with E-state index in [9.17, 15) is 0 Å². The molecule has 1 N–H and O–H groups in total. The fraction of sp³-hybridized carbons (Fsp3) is 0.235. The average molecular weight is 266 g/mol. The van der Waals surface area contributed by atoms with Gasteiger partial charge in [0, 0.05) is 11.6 Å². The van der Waals surface area contributed by atoms with E-state index in [1.807, 2.05) is 30.5 Å². The minimum Gasteiger partial charge on any atom is -0.459 e. The Kier molecular flexibility index (Phi) is 3.52. The highest BCUT2D eigenvalue weighted by Gasteiger charge is 2.20. The molecular formula is C17H18N2O. The summed E-state index contributed by atoms with van der Waals surface area (Å²) in [5.74, 6) is 0.912.